The first-order chi connectivity index (χ1) is 15.3. The number of nitrogens with zero attached hydrogens (tertiary/aromatic N) is 1. The Morgan fingerprint density at radius 2 is 1.88 bits per heavy atom. The molecule has 3 rings (SSSR count). The van der Waals surface area contributed by atoms with Crippen molar-refractivity contribution in [1.82, 2.24) is 4.31 Å². The molecule has 2 aromatic rings. The van der Waals surface area contributed by atoms with E-state index in [2.05, 4.69) is 5.32 Å². The van der Waals surface area contributed by atoms with Gasteiger partial charge in [0.1, 0.15) is 11.5 Å². The minimum absolute atomic E-state index is 0.0398. The molecule has 1 amide bonds. The summed E-state index contributed by atoms with van der Waals surface area (Å²) in [6.07, 6.45) is 0.449. The maximum Gasteiger partial charge on any atom is 0.262 e. The van der Waals surface area contributed by atoms with Crippen LogP contribution in [-0.4, -0.2) is 63.9 Å². The summed E-state index contributed by atoms with van der Waals surface area (Å²) in [6, 6.07) is 10.9. The predicted octanol–water partition coefficient (Wildman–Crippen LogP) is 2.32. The third-order valence-corrected chi connectivity index (χ3v) is 6.49. The number of carbonyl (C=O) groups is 2. The van der Waals surface area contributed by atoms with Crippen LogP contribution in [0.5, 0.6) is 11.5 Å². The quantitative estimate of drug-likeness (QED) is 0.569. The molecule has 0 saturated carbocycles. The normalized spacial score (nSPS) is 14.7. The number of benzene rings is 2. The Labute approximate surface area is 187 Å². The second-order valence-electron chi connectivity index (χ2n) is 7.33. The average Bonchev–Trinajstić information content (AvgIpc) is 2.79. The van der Waals surface area contributed by atoms with Gasteiger partial charge in [-0.2, -0.15) is 4.31 Å². The van der Waals surface area contributed by atoms with Crippen molar-refractivity contribution < 1.29 is 32.2 Å². The maximum atomic E-state index is 13.0. The van der Waals surface area contributed by atoms with E-state index in [1.807, 2.05) is 13.8 Å². The monoisotopic (exact) mass is 462 g/mol. The van der Waals surface area contributed by atoms with E-state index in [1.54, 1.807) is 24.3 Å². The molecule has 1 heterocycles. The molecule has 172 valence electrons. The van der Waals surface area contributed by atoms with Gasteiger partial charge in [-0.05, 0) is 44.2 Å². The summed E-state index contributed by atoms with van der Waals surface area (Å²) in [6.45, 7) is 4.46. The summed E-state index contributed by atoms with van der Waals surface area (Å²) < 4.78 is 43.8. The molecule has 1 fully saturated rings. The lowest BCUT2D eigenvalue weighted by Crippen LogP contribution is -2.40. The smallest absolute Gasteiger partial charge is 0.262 e. The van der Waals surface area contributed by atoms with Crippen molar-refractivity contribution >= 4 is 27.9 Å². The van der Waals surface area contributed by atoms with Gasteiger partial charge in [0, 0.05) is 13.1 Å². The molecule has 0 aliphatic carbocycles. The lowest BCUT2D eigenvalue weighted by atomic mass is 10.2. The van der Waals surface area contributed by atoms with Crippen LogP contribution in [0.4, 0.5) is 5.69 Å². The van der Waals surface area contributed by atoms with Gasteiger partial charge in [0.25, 0.3) is 5.91 Å². The molecule has 1 saturated heterocycles. The van der Waals surface area contributed by atoms with E-state index in [4.69, 9.17) is 14.2 Å². The van der Waals surface area contributed by atoms with Crippen molar-refractivity contribution in [3.8, 4) is 11.5 Å². The summed E-state index contributed by atoms with van der Waals surface area (Å²) in [7, 11) is -3.75. The van der Waals surface area contributed by atoms with Crippen molar-refractivity contribution in [2.75, 3.05) is 38.2 Å². The lowest BCUT2D eigenvalue weighted by Gasteiger charge is -2.26. The number of nitrogens with one attached hydrogen (secondary N) is 1. The van der Waals surface area contributed by atoms with Crippen LogP contribution < -0.4 is 14.8 Å². The maximum absolute atomic E-state index is 13.0. The average molecular weight is 463 g/mol. The molecule has 0 aromatic heterocycles. The fourth-order valence-corrected chi connectivity index (χ4v) is 4.53. The summed E-state index contributed by atoms with van der Waals surface area (Å²) in [4.78, 5) is 23.7. The van der Waals surface area contributed by atoms with Crippen molar-refractivity contribution in [3.05, 3.63) is 48.0 Å². The van der Waals surface area contributed by atoms with Crippen LogP contribution in [0, 0.1) is 0 Å². The first kappa shape index (κ1) is 23.7. The number of carbonyl (C=O) groups excluding carboxylic acids is 2. The van der Waals surface area contributed by atoms with Gasteiger partial charge in [-0.3, -0.25) is 9.59 Å². The van der Waals surface area contributed by atoms with E-state index in [1.165, 1.54) is 22.5 Å². The highest BCUT2D eigenvalue weighted by Crippen LogP contribution is 2.30. The SMILES string of the molecule is CC(C)Oc1ccc(S(=O)(=O)N2CCOCC2)cc1NC(=O)COc1ccccc1C=O. The number of para-hydroxylation sites is 1. The van der Waals surface area contributed by atoms with E-state index in [9.17, 15) is 18.0 Å². The molecule has 2 aromatic carbocycles. The predicted molar refractivity (Wildman–Crippen MR) is 118 cm³/mol. The lowest BCUT2D eigenvalue weighted by molar-refractivity contribution is -0.118. The number of ether oxygens (including phenoxy) is 3. The van der Waals surface area contributed by atoms with Gasteiger partial charge < -0.3 is 19.5 Å². The van der Waals surface area contributed by atoms with Gasteiger partial charge in [-0.15, -0.1) is 0 Å². The molecule has 10 heteroatoms. The van der Waals surface area contributed by atoms with E-state index in [0.29, 0.717) is 30.8 Å². The zero-order chi connectivity index (χ0) is 23.1. The summed E-state index contributed by atoms with van der Waals surface area (Å²) >= 11 is 0. The first-order valence-corrected chi connectivity index (χ1v) is 11.6. The minimum atomic E-state index is -3.75. The van der Waals surface area contributed by atoms with E-state index < -0.39 is 15.9 Å². The standard InChI is InChI=1S/C22H26N2O7S/c1-16(2)31-21-8-7-18(32(27,28)24-9-11-29-12-10-24)13-19(21)23-22(26)15-30-20-6-4-3-5-17(20)14-25/h3-8,13-14,16H,9-12,15H2,1-2H3,(H,23,26). The summed E-state index contributed by atoms with van der Waals surface area (Å²) in [5.41, 5.74) is 0.535. The Bertz CT molecular complexity index is 1060. The van der Waals surface area contributed by atoms with E-state index >= 15 is 0 Å². The first-order valence-electron chi connectivity index (χ1n) is 10.2. The van der Waals surface area contributed by atoms with Crippen molar-refractivity contribution in [2.24, 2.45) is 0 Å². The molecule has 1 aliphatic rings. The van der Waals surface area contributed by atoms with Crippen LogP contribution >= 0.6 is 0 Å². The van der Waals surface area contributed by atoms with Gasteiger partial charge in [0.2, 0.25) is 10.0 Å². The molecule has 1 N–H and O–H groups in total. The van der Waals surface area contributed by atoms with Gasteiger partial charge in [-0.1, -0.05) is 12.1 Å². The number of hydrogen-bond acceptors (Lipinski definition) is 7. The molecular weight excluding hydrogens is 436 g/mol. The zero-order valence-electron chi connectivity index (χ0n) is 17.9. The number of sulfonamides is 1. The van der Waals surface area contributed by atoms with E-state index in [-0.39, 0.29) is 42.1 Å². The van der Waals surface area contributed by atoms with Crippen LogP contribution in [0.25, 0.3) is 0 Å². The molecular formula is C22H26N2O7S. The number of amides is 1. The Morgan fingerprint density at radius 1 is 1.16 bits per heavy atom. The topological polar surface area (TPSA) is 111 Å². The third-order valence-electron chi connectivity index (χ3n) is 4.60. The van der Waals surface area contributed by atoms with Crippen LogP contribution in [-0.2, 0) is 19.6 Å². The fraction of sp³-hybridized carbons (Fsp3) is 0.364. The van der Waals surface area contributed by atoms with Gasteiger partial charge in [0.15, 0.2) is 12.9 Å². The number of morpholine rings is 1. The Balaban J connectivity index is 1.80. The van der Waals surface area contributed by atoms with Crippen molar-refractivity contribution in [3.63, 3.8) is 0 Å². The third kappa shape index (κ3) is 5.84. The Hall–Kier alpha value is -2.95. The molecule has 32 heavy (non-hydrogen) atoms. The number of aldehydes is 1. The van der Waals surface area contributed by atoms with Crippen LogP contribution in [0.2, 0.25) is 0 Å². The van der Waals surface area contributed by atoms with Gasteiger partial charge >= 0.3 is 0 Å². The highest BCUT2D eigenvalue weighted by molar-refractivity contribution is 7.89. The summed E-state index contributed by atoms with van der Waals surface area (Å²) in [5, 5.41) is 2.65. The van der Waals surface area contributed by atoms with E-state index in [0.717, 1.165) is 0 Å². The van der Waals surface area contributed by atoms with Crippen molar-refractivity contribution in [2.45, 2.75) is 24.8 Å². The van der Waals surface area contributed by atoms with Gasteiger partial charge in [-0.25, -0.2) is 8.42 Å². The number of rotatable bonds is 9. The van der Waals surface area contributed by atoms with Crippen LogP contribution in [0.15, 0.2) is 47.4 Å². The fourth-order valence-electron chi connectivity index (χ4n) is 3.10. The minimum Gasteiger partial charge on any atom is -0.489 e. The number of hydrogen-bond donors (Lipinski definition) is 1. The molecule has 0 unspecified atom stereocenters. The molecule has 1 aliphatic heterocycles. The van der Waals surface area contributed by atoms with Crippen molar-refractivity contribution in [1.29, 1.82) is 0 Å². The zero-order valence-corrected chi connectivity index (χ0v) is 18.8. The Morgan fingerprint density at radius 3 is 2.56 bits per heavy atom. The largest absolute Gasteiger partial charge is 0.489 e. The Kier molecular flexibility index (Phi) is 7.84. The molecule has 9 nitrogen and oxygen atoms in total. The molecule has 0 atom stereocenters. The van der Waals surface area contributed by atoms with Crippen LogP contribution in [0.1, 0.15) is 24.2 Å². The highest BCUT2D eigenvalue weighted by atomic mass is 32.2. The number of anilines is 1. The van der Waals surface area contributed by atoms with Gasteiger partial charge in [0.05, 0.1) is 35.5 Å². The molecule has 0 bridgehead atoms. The molecule has 0 radical (unpaired) electrons. The highest BCUT2D eigenvalue weighted by Gasteiger charge is 2.27. The van der Waals surface area contributed by atoms with Crippen LogP contribution in [0.3, 0.4) is 0 Å². The second kappa shape index (κ2) is 10.6. The molecule has 0 spiro atoms. The summed E-state index contributed by atoms with van der Waals surface area (Å²) in [5.74, 6) is 0.0859. The second-order valence-corrected chi connectivity index (χ2v) is 9.27.